The van der Waals surface area contributed by atoms with Crippen LogP contribution in [0.2, 0.25) is 0 Å². The Hall–Kier alpha value is -3.72. The molecule has 1 N–H and O–H groups in total. The number of halogens is 1. The number of aryl methyl sites for hydroxylation is 1. The molecule has 0 aliphatic heterocycles. The molecule has 0 fully saturated rings. The largest absolute Gasteiger partial charge is 0.453 e. The van der Waals surface area contributed by atoms with Gasteiger partial charge in [0.2, 0.25) is 5.89 Å². The van der Waals surface area contributed by atoms with E-state index in [4.69, 9.17) is 9.26 Å². The molecule has 1 amide bonds. The highest BCUT2D eigenvalue weighted by Gasteiger charge is 2.13. The van der Waals surface area contributed by atoms with Crippen LogP contribution < -0.4 is 10.1 Å². The molecule has 9 heteroatoms. The minimum absolute atomic E-state index is 0.0894. The maximum absolute atomic E-state index is 14.4. The molecule has 162 valence electrons. The maximum atomic E-state index is 14.4. The number of amides is 1. The van der Waals surface area contributed by atoms with E-state index in [0.717, 1.165) is 4.90 Å². The smallest absolute Gasteiger partial charge is 0.252 e. The zero-order chi connectivity index (χ0) is 22.3. The Bertz CT molecular complexity index is 1220. The molecule has 4 rings (SSSR count). The van der Waals surface area contributed by atoms with Crippen LogP contribution in [-0.4, -0.2) is 21.0 Å². The predicted octanol–water partition coefficient (Wildman–Crippen LogP) is 4.93. The van der Waals surface area contributed by atoms with E-state index >= 15 is 0 Å². The Morgan fingerprint density at radius 1 is 1.19 bits per heavy atom. The van der Waals surface area contributed by atoms with Crippen molar-refractivity contribution in [2.45, 2.75) is 24.1 Å². The summed E-state index contributed by atoms with van der Waals surface area (Å²) in [6.07, 6.45) is 3.11. The molecule has 0 aliphatic rings. The van der Waals surface area contributed by atoms with Crippen molar-refractivity contribution in [3.8, 4) is 11.5 Å². The summed E-state index contributed by atoms with van der Waals surface area (Å²) in [4.78, 5) is 21.6. The van der Waals surface area contributed by atoms with E-state index in [2.05, 4.69) is 20.4 Å². The lowest BCUT2D eigenvalue weighted by Gasteiger charge is -2.11. The number of hydrogen-bond donors (Lipinski definition) is 1. The normalized spacial score (nSPS) is 10.7. The predicted molar refractivity (Wildman–Crippen MR) is 117 cm³/mol. The highest BCUT2D eigenvalue weighted by Crippen LogP contribution is 2.26. The molecule has 32 heavy (non-hydrogen) atoms. The Morgan fingerprint density at radius 3 is 2.81 bits per heavy atom. The van der Waals surface area contributed by atoms with Crippen LogP contribution in [0.25, 0.3) is 0 Å². The number of benzene rings is 2. The summed E-state index contributed by atoms with van der Waals surface area (Å²) in [7, 11) is 0. The standard InChI is InChI=1S/C23H19FN4O3S/c1-15-27-22(28-31-15)14-32-21-7-3-2-6-18(21)23(29)26-12-16-8-9-20(19(24)11-16)30-17-5-4-10-25-13-17/h2-11,13H,12,14H2,1H3,(H,26,29). The molecule has 0 spiro atoms. The first-order valence-corrected chi connectivity index (χ1v) is 10.7. The molecule has 0 unspecified atom stereocenters. The molecule has 0 atom stereocenters. The number of rotatable bonds is 8. The van der Waals surface area contributed by atoms with Crippen LogP contribution in [0.15, 0.2) is 76.4 Å². The number of nitrogens with zero attached hydrogens (tertiary/aromatic N) is 3. The molecule has 0 radical (unpaired) electrons. The van der Waals surface area contributed by atoms with Gasteiger partial charge in [0, 0.05) is 24.6 Å². The third-order valence-corrected chi connectivity index (χ3v) is 5.44. The summed E-state index contributed by atoms with van der Waals surface area (Å²) in [5.41, 5.74) is 1.14. The van der Waals surface area contributed by atoms with Gasteiger partial charge in [-0.3, -0.25) is 9.78 Å². The average molecular weight is 450 g/mol. The zero-order valence-electron chi connectivity index (χ0n) is 17.1. The lowest BCUT2D eigenvalue weighted by atomic mass is 10.2. The molecule has 2 heterocycles. The first kappa shape index (κ1) is 21.5. The molecule has 0 bridgehead atoms. The minimum atomic E-state index is -0.521. The van der Waals surface area contributed by atoms with Gasteiger partial charge in [0.05, 0.1) is 17.5 Å². The fourth-order valence-corrected chi connectivity index (χ4v) is 3.76. The van der Waals surface area contributed by atoms with E-state index in [-0.39, 0.29) is 18.2 Å². The van der Waals surface area contributed by atoms with E-state index in [1.165, 1.54) is 30.1 Å². The molecule has 2 aromatic heterocycles. The SMILES string of the molecule is Cc1nc(CSc2ccccc2C(=O)NCc2ccc(Oc3cccnc3)c(F)c2)no1. The number of pyridine rings is 1. The van der Waals surface area contributed by atoms with Gasteiger partial charge in [-0.25, -0.2) is 4.39 Å². The second-order valence-corrected chi connectivity index (χ2v) is 7.77. The van der Waals surface area contributed by atoms with Crippen LogP contribution in [0.3, 0.4) is 0 Å². The fraction of sp³-hybridized carbons (Fsp3) is 0.130. The van der Waals surface area contributed by atoms with Crippen LogP contribution in [0, 0.1) is 12.7 Å². The van der Waals surface area contributed by atoms with Gasteiger partial charge in [0.25, 0.3) is 5.91 Å². The third-order valence-electron chi connectivity index (χ3n) is 4.37. The molecular formula is C23H19FN4O3S. The van der Waals surface area contributed by atoms with Crippen molar-refractivity contribution >= 4 is 17.7 Å². The second kappa shape index (κ2) is 10.1. The number of aromatic nitrogens is 3. The number of ether oxygens (including phenoxy) is 1. The highest BCUT2D eigenvalue weighted by atomic mass is 32.2. The van der Waals surface area contributed by atoms with Crippen molar-refractivity contribution in [2.75, 3.05) is 0 Å². The summed E-state index contributed by atoms with van der Waals surface area (Å²) >= 11 is 1.44. The summed E-state index contributed by atoms with van der Waals surface area (Å²) in [5, 5.41) is 6.70. The van der Waals surface area contributed by atoms with Crippen molar-refractivity contribution in [1.82, 2.24) is 20.4 Å². The van der Waals surface area contributed by atoms with Gasteiger partial charge in [-0.05, 0) is 42.0 Å². The number of hydrogen-bond acceptors (Lipinski definition) is 7. The Morgan fingerprint density at radius 2 is 2.06 bits per heavy atom. The van der Waals surface area contributed by atoms with Gasteiger partial charge in [0.1, 0.15) is 5.75 Å². The van der Waals surface area contributed by atoms with Crippen LogP contribution in [0.4, 0.5) is 4.39 Å². The van der Waals surface area contributed by atoms with Crippen molar-refractivity contribution in [3.05, 3.63) is 95.7 Å². The molecular weight excluding hydrogens is 431 g/mol. The molecule has 0 saturated heterocycles. The van der Waals surface area contributed by atoms with E-state index in [1.807, 2.05) is 12.1 Å². The molecule has 0 saturated carbocycles. The van der Waals surface area contributed by atoms with Crippen LogP contribution in [0.5, 0.6) is 11.5 Å². The molecule has 7 nitrogen and oxygen atoms in total. The molecule has 2 aromatic carbocycles. The van der Waals surface area contributed by atoms with Gasteiger partial charge in [0.15, 0.2) is 17.4 Å². The summed E-state index contributed by atoms with van der Waals surface area (Å²) in [6, 6.07) is 15.2. The average Bonchev–Trinajstić information content (AvgIpc) is 3.23. The molecule has 0 aliphatic carbocycles. The second-order valence-electron chi connectivity index (χ2n) is 6.75. The van der Waals surface area contributed by atoms with Crippen molar-refractivity contribution < 1.29 is 18.4 Å². The maximum Gasteiger partial charge on any atom is 0.252 e. The van der Waals surface area contributed by atoms with Gasteiger partial charge in [-0.15, -0.1) is 11.8 Å². The summed E-state index contributed by atoms with van der Waals surface area (Å²) in [5.74, 6) is 1.29. The summed E-state index contributed by atoms with van der Waals surface area (Å²) in [6.45, 7) is 1.90. The number of carbonyl (C=O) groups is 1. The Kier molecular flexibility index (Phi) is 6.76. The van der Waals surface area contributed by atoms with Crippen LogP contribution in [0.1, 0.15) is 27.6 Å². The number of nitrogens with one attached hydrogen (secondary N) is 1. The minimum Gasteiger partial charge on any atom is -0.453 e. The zero-order valence-corrected chi connectivity index (χ0v) is 17.9. The van der Waals surface area contributed by atoms with E-state index in [0.29, 0.717) is 34.3 Å². The Labute approximate surface area is 188 Å². The summed E-state index contributed by atoms with van der Waals surface area (Å²) < 4.78 is 24.9. The van der Waals surface area contributed by atoms with Gasteiger partial charge < -0.3 is 14.6 Å². The van der Waals surface area contributed by atoms with Crippen molar-refractivity contribution in [2.24, 2.45) is 0 Å². The Balaban J connectivity index is 1.38. The van der Waals surface area contributed by atoms with Crippen LogP contribution >= 0.6 is 11.8 Å². The van der Waals surface area contributed by atoms with Crippen LogP contribution in [-0.2, 0) is 12.3 Å². The van der Waals surface area contributed by atoms with Crippen molar-refractivity contribution in [3.63, 3.8) is 0 Å². The third kappa shape index (κ3) is 5.50. The van der Waals surface area contributed by atoms with E-state index in [9.17, 15) is 9.18 Å². The lowest BCUT2D eigenvalue weighted by Crippen LogP contribution is -2.23. The first-order chi connectivity index (χ1) is 15.6. The number of carbonyl (C=O) groups excluding carboxylic acids is 1. The molecule has 4 aromatic rings. The van der Waals surface area contributed by atoms with Crippen molar-refractivity contribution in [1.29, 1.82) is 0 Å². The monoisotopic (exact) mass is 450 g/mol. The topological polar surface area (TPSA) is 90.1 Å². The lowest BCUT2D eigenvalue weighted by molar-refractivity contribution is 0.0948. The quantitative estimate of drug-likeness (QED) is 0.381. The highest BCUT2D eigenvalue weighted by molar-refractivity contribution is 7.98. The van der Waals surface area contributed by atoms with Gasteiger partial charge >= 0.3 is 0 Å². The first-order valence-electron chi connectivity index (χ1n) is 9.74. The van der Waals surface area contributed by atoms with Gasteiger partial charge in [-0.2, -0.15) is 4.98 Å². The number of thioether (sulfide) groups is 1. The van der Waals surface area contributed by atoms with E-state index < -0.39 is 5.82 Å². The fourth-order valence-electron chi connectivity index (χ4n) is 2.87. The van der Waals surface area contributed by atoms with Gasteiger partial charge in [-0.1, -0.05) is 23.4 Å². The van der Waals surface area contributed by atoms with E-state index in [1.54, 1.807) is 43.5 Å².